The number of β-amino-alcohol motifs (C(OH)–C–C–N with tert-alkyl or cyclic N) is 1. The molecule has 10 rings (SSSR count). The number of pyridine rings is 1. The topological polar surface area (TPSA) is 188 Å². The van der Waals surface area contributed by atoms with Crippen molar-refractivity contribution < 1.29 is 45.9 Å². The Kier molecular flexibility index (Phi) is 10.8. The molecule has 7 heterocycles. The minimum absolute atomic E-state index is 0.00233. The van der Waals surface area contributed by atoms with Gasteiger partial charge in [0.1, 0.15) is 23.7 Å². The number of aromatic nitrogens is 2. The summed E-state index contributed by atoms with van der Waals surface area (Å²) in [5.74, 6) is -4.55. The highest BCUT2D eigenvalue weighted by atomic mass is 32.2. The lowest BCUT2D eigenvalue weighted by atomic mass is 9.72. The standard InChI is InChI=1S/C46H45F3N8O7S/c47-30-13-14-56(20-30)65(63,64)53-37-10-9-36(48)40(41(37)49)42(60)35-18-51-43-34(35)16-28(17-50-43)27-3-5-31(6-4-27)55-24-46(25-55)22-54(23-46)21-32(58)7-1-26-2-8-33-29(15-26)19-57(45(33)62)38-11-12-39(59)52-44(38)61/h2-6,8-10,15-18,30,32,38,53,58H,1,7,11-14,19-25H2,(H,50,51)(H,52,59,61)/t30-,32-,38+/m1/s1. The van der Waals surface area contributed by atoms with E-state index in [9.17, 15) is 37.1 Å². The molecule has 0 radical (unpaired) electrons. The third kappa shape index (κ3) is 8.04. The van der Waals surface area contributed by atoms with Gasteiger partial charge >= 0.3 is 10.2 Å². The van der Waals surface area contributed by atoms with Gasteiger partial charge in [0.05, 0.1) is 17.4 Å². The van der Waals surface area contributed by atoms with Crippen LogP contribution in [0.25, 0.3) is 22.2 Å². The number of carbonyl (C=O) groups is 4. The summed E-state index contributed by atoms with van der Waals surface area (Å²) in [5.41, 5.74) is 3.75. The Labute approximate surface area is 371 Å². The highest BCUT2D eigenvalue weighted by Crippen LogP contribution is 2.42. The Bertz CT molecular complexity index is 2880. The van der Waals surface area contributed by atoms with Crippen molar-refractivity contribution in [1.29, 1.82) is 0 Å². The van der Waals surface area contributed by atoms with Crippen molar-refractivity contribution in [3.63, 3.8) is 0 Å². The first kappa shape index (κ1) is 42.8. The fraction of sp³-hybridized carbons (Fsp3) is 0.370. The minimum Gasteiger partial charge on any atom is -0.392 e. The number of aryl methyl sites for hydroxylation is 1. The van der Waals surface area contributed by atoms with Crippen LogP contribution in [0.5, 0.6) is 0 Å². The summed E-state index contributed by atoms with van der Waals surface area (Å²) in [4.78, 5) is 64.1. The molecule has 5 aliphatic rings. The molecule has 3 atom stereocenters. The summed E-state index contributed by atoms with van der Waals surface area (Å²) in [5, 5.41) is 13.6. The van der Waals surface area contributed by atoms with Crippen LogP contribution in [0, 0.1) is 17.0 Å². The van der Waals surface area contributed by atoms with E-state index in [1.165, 1.54) is 11.1 Å². The number of H-pyrrole nitrogens is 1. The number of nitrogens with one attached hydrogen (secondary N) is 3. The van der Waals surface area contributed by atoms with Crippen LogP contribution < -0.4 is 14.9 Å². The first-order chi connectivity index (χ1) is 31.1. The van der Waals surface area contributed by atoms with Crippen LogP contribution in [0.15, 0.2) is 73.1 Å². The summed E-state index contributed by atoms with van der Waals surface area (Å²) in [6.07, 6.45) is 2.78. The van der Waals surface area contributed by atoms with Gasteiger partial charge in [-0.05, 0) is 78.8 Å². The molecule has 0 aliphatic carbocycles. The number of aliphatic hydroxyl groups is 1. The van der Waals surface area contributed by atoms with Crippen LogP contribution in [-0.2, 0) is 32.8 Å². The summed E-state index contributed by atoms with van der Waals surface area (Å²) >= 11 is 0. The molecular formula is C46H45F3N8O7S. The number of alkyl halides is 1. The third-order valence-electron chi connectivity index (χ3n) is 13.3. The number of hydrogen-bond donors (Lipinski definition) is 4. The summed E-state index contributed by atoms with van der Waals surface area (Å²) in [7, 11) is -4.36. The van der Waals surface area contributed by atoms with Crippen LogP contribution in [0.1, 0.15) is 63.1 Å². The SMILES string of the molecule is O=C1CC[C@H](N2Cc3cc(CC[C@@H](O)CN4CC5(C4)CN(c4ccc(-c6cnc7[nH]cc(C(=O)c8c(F)ccc(NS(=O)(=O)N9CC[C@@H](F)C9)c8F)c7c6)cc4)C5)ccc3C2=O)C(=O)N1. The smallest absolute Gasteiger partial charge is 0.301 e. The number of aromatic amines is 1. The van der Waals surface area contributed by atoms with Gasteiger partial charge in [0, 0.05) is 104 Å². The number of imide groups is 1. The molecule has 4 N–H and O–H groups in total. The zero-order valence-electron chi connectivity index (χ0n) is 35.0. The molecule has 4 saturated heterocycles. The highest BCUT2D eigenvalue weighted by Gasteiger charge is 2.51. The Morgan fingerprint density at radius 3 is 2.51 bits per heavy atom. The van der Waals surface area contributed by atoms with Crippen molar-refractivity contribution >= 4 is 56.1 Å². The van der Waals surface area contributed by atoms with Crippen LogP contribution in [-0.4, -0.2) is 125 Å². The number of benzene rings is 3. The van der Waals surface area contributed by atoms with Gasteiger partial charge in [-0.2, -0.15) is 12.7 Å². The van der Waals surface area contributed by atoms with Crippen LogP contribution in [0.4, 0.5) is 24.5 Å². The molecule has 19 heteroatoms. The van der Waals surface area contributed by atoms with Crippen molar-refractivity contribution in [2.75, 3.05) is 55.4 Å². The van der Waals surface area contributed by atoms with E-state index >= 15 is 8.78 Å². The second-order valence-corrected chi connectivity index (χ2v) is 19.6. The average Bonchev–Trinajstić information content (AvgIpc) is 3.98. The summed E-state index contributed by atoms with van der Waals surface area (Å²) in [6, 6.07) is 16.3. The van der Waals surface area contributed by atoms with Gasteiger partial charge < -0.3 is 19.9 Å². The van der Waals surface area contributed by atoms with Crippen LogP contribution in [0.2, 0.25) is 0 Å². The van der Waals surface area contributed by atoms with E-state index < -0.39 is 69.6 Å². The molecule has 5 aliphatic heterocycles. The fourth-order valence-corrected chi connectivity index (χ4v) is 11.2. The molecule has 0 saturated carbocycles. The second kappa shape index (κ2) is 16.4. The van der Waals surface area contributed by atoms with E-state index in [1.54, 1.807) is 18.3 Å². The maximum Gasteiger partial charge on any atom is 0.301 e. The van der Waals surface area contributed by atoms with Crippen molar-refractivity contribution in [2.24, 2.45) is 5.41 Å². The summed E-state index contributed by atoms with van der Waals surface area (Å²) in [6.45, 7) is 3.89. The number of ketones is 1. The normalized spacial score (nSPS) is 21.4. The lowest BCUT2D eigenvalue weighted by molar-refractivity contribution is -0.136. The van der Waals surface area contributed by atoms with E-state index in [4.69, 9.17) is 0 Å². The molecular weight excluding hydrogens is 866 g/mol. The van der Waals surface area contributed by atoms with E-state index in [0.717, 1.165) is 65.0 Å². The molecule has 5 aromatic rings. The van der Waals surface area contributed by atoms with Gasteiger partial charge in [-0.1, -0.05) is 24.3 Å². The molecule has 65 heavy (non-hydrogen) atoms. The Morgan fingerprint density at radius 1 is 0.985 bits per heavy atom. The van der Waals surface area contributed by atoms with Crippen LogP contribution >= 0.6 is 0 Å². The predicted molar refractivity (Wildman–Crippen MR) is 233 cm³/mol. The van der Waals surface area contributed by atoms with Crippen molar-refractivity contribution in [1.82, 2.24) is 29.4 Å². The first-order valence-corrected chi connectivity index (χ1v) is 23.0. The van der Waals surface area contributed by atoms with E-state index in [2.05, 4.69) is 25.1 Å². The number of nitrogens with zero attached hydrogens (tertiary/aromatic N) is 5. The van der Waals surface area contributed by atoms with Crippen molar-refractivity contribution in [3.05, 3.63) is 113 Å². The molecule has 2 aromatic heterocycles. The number of amides is 3. The molecule has 338 valence electrons. The number of hydrogen-bond acceptors (Lipinski definition) is 10. The van der Waals surface area contributed by atoms with E-state index in [-0.39, 0.29) is 42.2 Å². The van der Waals surface area contributed by atoms with Gasteiger partial charge in [0.25, 0.3) is 5.91 Å². The third-order valence-corrected chi connectivity index (χ3v) is 14.8. The van der Waals surface area contributed by atoms with E-state index in [1.807, 2.05) is 41.1 Å². The minimum atomic E-state index is -4.36. The van der Waals surface area contributed by atoms with Gasteiger partial charge in [-0.25, -0.2) is 18.2 Å². The zero-order chi connectivity index (χ0) is 45.4. The quantitative estimate of drug-likeness (QED) is 0.0980. The Morgan fingerprint density at radius 2 is 1.77 bits per heavy atom. The van der Waals surface area contributed by atoms with Gasteiger partial charge in [-0.15, -0.1) is 0 Å². The predicted octanol–water partition coefficient (Wildman–Crippen LogP) is 4.32. The molecule has 4 fully saturated rings. The molecule has 0 bridgehead atoms. The molecule has 1 spiro atoms. The number of likely N-dealkylation sites (tertiary alicyclic amines) is 1. The largest absolute Gasteiger partial charge is 0.392 e. The van der Waals surface area contributed by atoms with Gasteiger partial charge in [0.2, 0.25) is 17.6 Å². The number of halogens is 3. The second-order valence-electron chi connectivity index (χ2n) is 17.9. The molecule has 3 amide bonds. The molecule has 0 unspecified atom stereocenters. The lowest BCUT2D eigenvalue weighted by Gasteiger charge is -2.61. The molecule has 3 aromatic carbocycles. The zero-order valence-corrected chi connectivity index (χ0v) is 35.8. The maximum atomic E-state index is 15.7. The van der Waals surface area contributed by atoms with Crippen molar-refractivity contribution in [2.45, 2.75) is 57.0 Å². The number of anilines is 2. The first-order valence-electron chi connectivity index (χ1n) is 21.6. The average molecular weight is 911 g/mol. The number of aliphatic hydroxyl groups excluding tert-OH is 1. The number of fused-ring (bicyclic) bond motifs is 2. The highest BCUT2D eigenvalue weighted by molar-refractivity contribution is 7.90. The van der Waals surface area contributed by atoms with Crippen molar-refractivity contribution in [3.8, 4) is 11.1 Å². The van der Waals surface area contributed by atoms with Gasteiger partial charge in [-0.3, -0.25) is 34.1 Å². The van der Waals surface area contributed by atoms with Crippen LogP contribution in [0.3, 0.4) is 0 Å². The number of carbonyl (C=O) groups excluding carboxylic acids is 4. The van der Waals surface area contributed by atoms with E-state index in [0.29, 0.717) is 54.5 Å². The number of piperidine rings is 1. The molecule has 15 nitrogen and oxygen atoms in total. The Hall–Kier alpha value is -6.15. The summed E-state index contributed by atoms with van der Waals surface area (Å²) < 4.78 is 73.0. The Balaban J connectivity index is 0.720. The van der Waals surface area contributed by atoms with Gasteiger partial charge in [0.15, 0.2) is 5.82 Å². The fourth-order valence-electron chi connectivity index (χ4n) is 9.98. The monoisotopic (exact) mass is 910 g/mol. The number of rotatable bonds is 13. The lowest BCUT2D eigenvalue weighted by Crippen LogP contribution is -2.72. The maximum absolute atomic E-state index is 15.7.